The van der Waals surface area contributed by atoms with Gasteiger partial charge in [-0.2, -0.15) is 0 Å². The predicted octanol–water partition coefficient (Wildman–Crippen LogP) is 3.33. The summed E-state index contributed by atoms with van der Waals surface area (Å²) in [6.07, 6.45) is -4.71. The van der Waals surface area contributed by atoms with Crippen molar-refractivity contribution in [3.8, 4) is 11.5 Å². The molecule has 0 spiro atoms. The van der Waals surface area contributed by atoms with E-state index in [1.807, 2.05) is 0 Å². The SMILES string of the molecule is [O]c1ccc(OC(F)(F)F)cc1I. The van der Waals surface area contributed by atoms with Crippen molar-refractivity contribution >= 4 is 22.6 Å². The molecule has 0 unspecified atom stereocenters. The van der Waals surface area contributed by atoms with Gasteiger partial charge in [-0.3, -0.25) is 5.11 Å². The first-order valence-corrected chi connectivity index (χ1v) is 4.19. The number of hydrogen-bond acceptors (Lipinski definition) is 1. The molecule has 1 aromatic carbocycles. The van der Waals surface area contributed by atoms with Gasteiger partial charge in [-0.1, -0.05) is 0 Å². The summed E-state index contributed by atoms with van der Waals surface area (Å²) in [6.45, 7) is 0. The van der Waals surface area contributed by atoms with Gasteiger partial charge in [0.1, 0.15) is 5.75 Å². The number of alkyl halides is 3. The standard InChI is InChI=1S/C7H3F3IO2/c8-7(9,10)13-4-1-2-6(12)5(11)3-4/h1-3H. The van der Waals surface area contributed by atoms with E-state index >= 15 is 0 Å². The third-order valence-electron chi connectivity index (χ3n) is 1.14. The zero-order chi connectivity index (χ0) is 10.1. The average molecular weight is 303 g/mol. The Labute approximate surface area is 85.5 Å². The summed E-state index contributed by atoms with van der Waals surface area (Å²) in [4.78, 5) is 0. The molecular formula is C7H3F3IO2. The lowest BCUT2D eigenvalue weighted by Crippen LogP contribution is -2.17. The maximum absolute atomic E-state index is 11.7. The van der Waals surface area contributed by atoms with Gasteiger partial charge in [0, 0.05) is 0 Å². The van der Waals surface area contributed by atoms with E-state index in [0.717, 1.165) is 18.2 Å². The van der Waals surface area contributed by atoms with Crippen LogP contribution in [0.5, 0.6) is 11.5 Å². The molecule has 0 amide bonds. The summed E-state index contributed by atoms with van der Waals surface area (Å²) in [5.41, 5.74) is 0. The van der Waals surface area contributed by atoms with Crippen LogP contribution in [0.3, 0.4) is 0 Å². The van der Waals surface area contributed by atoms with Gasteiger partial charge in [0.15, 0.2) is 5.75 Å². The van der Waals surface area contributed by atoms with Gasteiger partial charge in [0.2, 0.25) is 0 Å². The quantitative estimate of drug-likeness (QED) is 0.732. The smallest absolute Gasteiger partial charge is 0.406 e. The van der Waals surface area contributed by atoms with Crippen molar-refractivity contribution in [3.05, 3.63) is 21.8 Å². The zero-order valence-corrected chi connectivity index (χ0v) is 8.22. The minimum atomic E-state index is -4.71. The molecule has 2 nitrogen and oxygen atoms in total. The van der Waals surface area contributed by atoms with Crippen LogP contribution >= 0.6 is 22.6 Å². The van der Waals surface area contributed by atoms with E-state index in [9.17, 15) is 18.3 Å². The van der Waals surface area contributed by atoms with Crippen molar-refractivity contribution in [2.45, 2.75) is 6.36 Å². The Balaban J connectivity index is 2.86. The van der Waals surface area contributed by atoms with Gasteiger partial charge in [0.25, 0.3) is 0 Å². The number of rotatable bonds is 1. The summed E-state index contributed by atoms with van der Waals surface area (Å²) in [7, 11) is 0. The van der Waals surface area contributed by atoms with E-state index in [0.29, 0.717) is 0 Å². The second-order valence-electron chi connectivity index (χ2n) is 2.14. The predicted molar refractivity (Wildman–Crippen MR) is 46.0 cm³/mol. The van der Waals surface area contributed by atoms with E-state index < -0.39 is 6.36 Å². The average Bonchev–Trinajstić information content (AvgIpc) is 1.94. The molecule has 0 saturated carbocycles. The lowest BCUT2D eigenvalue weighted by Gasteiger charge is -2.08. The lowest BCUT2D eigenvalue weighted by molar-refractivity contribution is -0.274. The molecule has 0 N–H and O–H groups in total. The Bertz CT molecular complexity index is 311. The molecule has 0 aromatic heterocycles. The highest BCUT2D eigenvalue weighted by atomic mass is 127. The second kappa shape index (κ2) is 3.60. The molecule has 0 aliphatic rings. The molecule has 1 rings (SSSR count). The lowest BCUT2D eigenvalue weighted by atomic mass is 10.3. The normalized spacial score (nSPS) is 11.4. The topological polar surface area (TPSA) is 29.1 Å². The summed E-state index contributed by atoms with van der Waals surface area (Å²) in [6, 6.07) is 3.05. The minimum Gasteiger partial charge on any atom is -0.406 e. The van der Waals surface area contributed by atoms with Crippen LogP contribution in [0.1, 0.15) is 0 Å². The van der Waals surface area contributed by atoms with Crippen molar-refractivity contribution in [2.75, 3.05) is 0 Å². The molecular weight excluding hydrogens is 300 g/mol. The Morgan fingerprint density at radius 1 is 1.31 bits per heavy atom. The van der Waals surface area contributed by atoms with Crippen molar-refractivity contribution in [1.29, 1.82) is 0 Å². The van der Waals surface area contributed by atoms with Crippen LogP contribution in [0.2, 0.25) is 0 Å². The van der Waals surface area contributed by atoms with Crippen LogP contribution < -0.4 is 4.74 Å². The van der Waals surface area contributed by atoms with Crippen molar-refractivity contribution < 1.29 is 23.0 Å². The summed E-state index contributed by atoms with van der Waals surface area (Å²) in [5, 5.41) is 10.8. The molecule has 0 saturated heterocycles. The van der Waals surface area contributed by atoms with Crippen molar-refractivity contribution in [3.63, 3.8) is 0 Å². The van der Waals surface area contributed by atoms with Crippen LogP contribution in [0.25, 0.3) is 0 Å². The third-order valence-corrected chi connectivity index (χ3v) is 1.98. The zero-order valence-electron chi connectivity index (χ0n) is 6.06. The number of benzene rings is 1. The maximum Gasteiger partial charge on any atom is 0.573 e. The van der Waals surface area contributed by atoms with Gasteiger partial charge in [-0.25, -0.2) is 0 Å². The Morgan fingerprint density at radius 2 is 1.92 bits per heavy atom. The van der Waals surface area contributed by atoms with E-state index in [-0.39, 0.29) is 15.1 Å². The first kappa shape index (κ1) is 10.4. The summed E-state index contributed by atoms with van der Waals surface area (Å²) < 4.78 is 38.8. The Morgan fingerprint density at radius 3 is 2.38 bits per heavy atom. The van der Waals surface area contributed by atoms with Crippen LogP contribution in [-0.4, -0.2) is 6.36 Å². The molecule has 0 atom stereocenters. The molecule has 1 aromatic rings. The van der Waals surface area contributed by atoms with Gasteiger partial charge in [-0.05, 0) is 40.8 Å². The highest BCUT2D eigenvalue weighted by Gasteiger charge is 2.31. The molecule has 13 heavy (non-hydrogen) atoms. The number of hydrogen-bond donors (Lipinski definition) is 0. The van der Waals surface area contributed by atoms with Gasteiger partial charge in [0.05, 0.1) is 3.57 Å². The molecule has 0 heterocycles. The van der Waals surface area contributed by atoms with Gasteiger partial charge < -0.3 is 4.74 Å². The highest BCUT2D eigenvalue weighted by molar-refractivity contribution is 14.1. The van der Waals surface area contributed by atoms with Gasteiger partial charge in [-0.15, -0.1) is 13.2 Å². The monoisotopic (exact) mass is 303 g/mol. The van der Waals surface area contributed by atoms with Gasteiger partial charge >= 0.3 is 6.36 Å². The van der Waals surface area contributed by atoms with Crippen LogP contribution in [-0.2, 0) is 5.11 Å². The van der Waals surface area contributed by atoms with E-state index in [1.54, 1.807) is 22.6 Å². The Hall–Kier alpha value is -0.660. The number of halogens is 4. The third kappa shape index (κ3) is 3.29. The molecule has 71 valence electrons. The molecule has 0 bridgehead atoms. The van der Waals surface area contributed by atoms with Crippen LogP contribution in [0.15, 0.2) is 18.2 Å². The minimum absolute atomic E-state index is 0.194. The Kier molecular flexibility index (Phi) is 2.89. The fourth-order valence-electron chi connectivity index (χ4n) is 0.679. The maximum atomic E-state index is 11.7. The van der Waals surface area contributed by atoms with Crippen LogP contribution in [0.4, 0.5) is 13.2 Å². The van der Waals surface area contributed by atoms with Crippen molar-refractivity contribution in [1.82, 2.24) is 0 Å². The first-order valence-electron chi connectivity index (χ1n) is 3.11. The van der Waals surface area contributed by atoms with Crippen molar-refractivity contribution in [2.24, 2.45) is 0 Å². The van der Waals surface area contributed by atoms with Crippen LogP contribution in [0, 0.1) is 3.57 Å². The first-order chi connectivity index (χ1) is 5.88. The molecule has 0 aliphatic heterocycles. The number of ether oxygens (including phenoxy) is 1. The molecule has 0 fully saturated rings. The largest absolute Gasteiger partial charge is 0.573 e. The second-order valence-corrected chi connectivity index (χ2v) is 3.30. The summed E-state index contributed by atoms with van der Waals surface area (Å²) in [5.74, 6) is -0.702. The highest BCUT2D eigenvalue weighted by Crippen LogP contribution is 2.28. The molecule has 6 heteroatoms. The fourth-order valence-corrected chi connectivity index (χ4v) is 1.17. The van der Waals surface area contributed by atoms with E-state index in [2.05, 4.69) is 4.74 Å². The molecule has 1 radical (unpaired) electrons. The van der Waals surface area contributed by atoms with E-state index in [4.69, 9.17) is 0 Å². The molecule has 0 aliphatic carbocycles. The summed E-state index contributed by atoms with van der Waals surface area (Å²) >= 11 is 1.64. The fraction of sp³-hybridized carbons (Fsp3) is 0.143. The van der Waals surface area contributed by atoms with E-state index in [1.165, 1.54) is 0 Å².